The minimum Gasteiger partial charge on any atom is -0.481 e. The van der Waals surface area contributed by atoms with Gasteiger partial charge in [0.2, 0.25) is 5.91 Å². The fraction of sp³-hybridized carbons (Fsp3) is 0.500. The quantitative estimate of drug-likeness (QED) is 0.620. The first-order chi connectivity index (χ1) is 12.0. The number of carboxylic acid groups (broad SMARTS) is 1. The molecule has 3 aliphatic rings. The largest absolute Gasteiger partial charge is 0.481 e. The van der Waals surface area contributed by atoms with Crippen molar-refractivity contribution in [3.63, 3.8) is 0 Å². The van der Waals surface area contributed by atoms with Crippen LogP contribution in [0.25, 0.3) is 0 Å². The van der Waals surface area contributed by atoms with Gasteiger partial charge >= 0.3 is 11.9 Å². The molecule has 4 atom stereocenters. The Bertz CT molecular complexity index is 738. The van der Waals surface area contributed by atoms with E-state index in [0.717, 1.165) is 24.1 Å². The van der Waals surface area contributed by atoms with Crippen LogP contribution in [0.2, 0.25) is 0 Å². The second-order valence-corrected chi connectivity index (χ2v) is 7.61. The van der Waals surface area contributed by atoms with E-state index in [1.54, 1.807) is 6.07 Å². The Hall–Kier alpha value is -2.15. The van der Waals surface area contributed by atoms with Gasteiger partial charge in [-0.1, -0.05) is 19.1 Å². The van der Waals surface area contributed by atoms with Crippen molar-refractivity contribution in [3.8, 4) is 0 Å². The van der Waals surface area contributed by atoms with Crippen molar-refractivity contribution < 1.29 is 24.2 Å². The lowest BCUT2D eigenvalue weighted by Crippen LogP contribution is -2.47. The van der Waals surface area contributed by atoms with Gasteiger partial charge in [-0.3, -0.25) is 9.59 Å². The molecule has 4 rings (SSSR count). The van der Waals surface area contributed by atoms with Crippen molar-refractivity contribution in [1.29, 1.82) is 0 Å². The smallest absolute Gasteiger partial charge is 0.340 e. The van der Waals surface area contributed by atoms with E-state index in [0.29, 0.717) is 10.6 Å². The number of esters is 1. The third kappa shape index (κ3) is 3.20. The van der Waals surface area contributed by atoms with Crippen LogP contribution in [0.3, 0.4) is 0 Å². The van der Waals surface area contributed by atoms with Gasteiger partial charge in [-0.05, 0) is 37.2 Å². The lowest BCUT2D eigenvalue weighted by atomic mass is 9.62. The summed E-state index contributed by atoms with van der Waals surface area (Å²) in [5.74, 6) is -3.28. The molecule has 1 aromatic heterocycles. The van der Waals surface area contributed by atoms with E-state index in [9.17, 15) is 19.5 Å². The zero-order valence-corrected chi connectivity index (χ0v) is 15.0. The van der Waals surface area contributed by atoms with Crippen molar-refractivity contribution in [2.24, 2.45) is 23.7 Å². The normalized spacial score (nSPS) is 27.1. The summed E-state index contributed by atoms with van der Waals surface area (Å²) in [6.07, 6.45) is 6.24. The van der Waals surface area contributed by atoms with Crippen LogP contribution in [0, 0.1) is 23.7 Å². The van der Waals surface area contributed by atoms with Crippen LogP contribution in [0.1, 0.15) is 35.0 Å². The van der Waals surface area contributed by atoms with Crippen LogP contribution in [0.5, 0.6) is 0 Å². The molecule has 6 nitrogen and oxygen atoms in total. The number of nitrogens with one attached hydrogen (secondary N) is 1. The second-order valence-electron chi connectivity index (χ2n) is 6.47. The Kier molecular flexibility index (Phi) is 4.94. The molecule has 0 radical (unpaired) electrons. The van der Waals surface area contributed by atoms with Gasteiger partial charge in [-0.2, -0.15) is 0 Å². The molecule has 0 spiro atoms. The third-order valence-corrected chi connectivity index (χ3v) is 6.30. The number of aliphatic carboxylic acids is 1. The molecule has 1 saturated carbocycles. The first-order valence-corrected chi connectivity index (χ1v) is 9.20. The second kappa shape index (κ2) is 7.00. The maximum absolute atomic E-state index is 12.9. The van der Waals surface area contributed by atoms with Gasteiger partial charge in [0, 0.05) is 4.88 Å². The van der Waals surface area contributed by atoms with E-state index in [2.05, 4.69) is 5.32 Å². The van der Waals surface area contributed by atoms with Crippen molar-refractivity contribution in [2.45, 2.75) is 26.2 Å². The number of aryl methyl sites for hydroxylation is 1. The fourth-order valence-electron chi connectivity index (χ4n) is 3.85. The topological polar surface area (TPSA) is 92.7 Å². The number of fused-ring (bicyclic) bond motifs is 2. The third-order valence-electron chi connectivity index (χ3n) is 5.11. The van der Waals surface area contributed by atoms with E-state index in [1.807, 2.05) is 19.1 Å². The number of carbonyl (C=O) groups excluding carboxylic acids is 2. The molecule has 25 heavy (non-hydrogen) atoms. The molecular formula is C18H21NO5S. The first-order valence-electron chi connectivity index (χ1n) is 8.39. The minimum atomic E-state index is -0.937. The average molecular weight is 363 g/mol. The Morgan fingerprint density at radius 2 is 1.88 bits per heavy atom. The standard InChI is InChI=1S/C18H21NO5S/c1-3-11-8-12(18(23)24-2)16(25-11)19-15(20)13-9-4-6-10(7-5-9)14(13)17(21)22/h4,6,8-10,13-14H,3,5,7H2,1-2H3,(H,19,20)(H,21,22)/t9-,10-,13+,14-/m0/s1. The Balaban J connectivity index is 1.87. The maximum Gasteiger partial charge on any atom is 0.340 e. The van der Waals surface area contributed by atoms with E-state index >= 15 is 0 Å². The zero-order valence-electron chi connectivity index (χ0n) is 14.2. The summed E-state index contributed by atoms with van der Waals surface area (Å²) in [6, 6.07) is 1.72. The number of hydrogen-bond donors (Lipinski definition) is 2. The van der Waals surface area contributed by atoms with Crippen LogP contribution in [-0.4, -0.2) is 30.1 Å². The molecule has 7 heteroatoms. The highest BCUT2D eigenvalue weighted by Crippen LogP contribution is 2.45. The molecular weight excluding hydrogens is 342 g/mol. The van der Waals surface area contributed by atoms with E-state index in [-0.39, 0.29) is 17.7 Å². The molecule has 0 aliphatic heterocycles. The van der Waals surface area contributed by atoms with E-state index in [1.165, 1.54) is 18.4 Å². The van der Waals surface area contributed by atoms with Crippen LogP contribution in [-0.2, 0) is 20.7 Å². The van der Waals surface area contributed by atoms with Gasteiger partial charge in [0.25, 0.3) is 0 Å². The number of anilines is 1. The lowest BCUT2D eigenvalue weighted by molar-refractivity contribution is -0.151. The number of carbonyl (C=O) groups is 3. The van der Waals surface area contributed by atoms with Gasteiger partial charge in [0.15, 0.2) is 0 Å². The molecule has 1 heterocycles. The molecule has 134 valence electrons. The number of carboxylic acids is 1. The number of rotatable bonds is 5. The molecule has 1 aromatic rings. The highest BCUT2D eigenvalue weighted by atomic mass is 32.1. The summed E-state index contributed by atoms with van der Waals surface area (Å²) in [7, 11) is 1.29. The molecule has 2 N–H and O–H groups in total. The number of amides is 1. The SMILES string of the molecule is CCc1cc(C(=O)OC)c(NC(=O)[C@H]2[C@@H](C(=O)O)[C@H]3C=C[C@H]2CC3)s1. The lowest BCUT2D eigenvalue weighted by Gasteiger charge is -2.41. The van der Waals surface area contributed by atoms with Crippen LogP contribution in [0.15, 0.2) is 18.2 Å². The zero-order chi connectivity index (χ0) is 18.1. The summed E-state index contributed by atoms with van der Waals surface area (Å²) in [5.41, 5.74) is 0.320. The molecule has 0 aromatic carbocycles. The summed E-state index contributed by atoms with van der Waals surface area (Å²) in [4.78, 5) is 37.5. The molecule has 0 unspecified atom stereocenters. The van der Waals surface area contributed by atoms with Crippen LogP contribution in [0.4, 0.5) is 5.00 Å². The van der Waals surface area contributed by atoms with E-state index < -0.39 is 23.8 Å². The summed E-state index contributed by atoms with van der Waals surface area (Å²) in [6.45, 7) is 1.96. The van der Waals surface area contributed by atoms with Crippen molar-refractivity contribution in [2.75, 3.05) is 12.4 Å². The predicted molar refractivity (Wildman–Crippen MR) is 93.6 cm³/mol. The van der Waals surface area contributed by atoms with Crippen molar-refractivity contribution >= 4 is 34.2 Å². The maximum atomic E-state index is 12.9. The highest BCUT2D eigenvalue weighted by molar-refractivity contribution is 7.16. The van der Waals surface area contributed by atoms with Crippen molar-refractivity contribution in [1.82, 2.24) is 0 Å². The molecule has 2 bridgehead atoms. The van der Waals surface area contributed by atoms with Gasteiger partial charge in [-0.25, -0.2) is 4.79 Å². The number of methoxy groups -OCH3 is 1. The van der Waals surface area contributed by atoms with Crippen LogP contribution < -0.4 is 5.32 Å². The molecule has 1 fully saturated rings. The number of hydrogen-bond acceptors (Lipinski definition) is 5. The van der Waals surface area contributed by atoms with Crippen LogP contribution >= 0.6 is 11.3 Å². The van der Waals surface area contributed by atoms with Gasteiger partial charge in [0.05, 0.1) is 24.5 Å². The molecule has 0 saturated heterocycles. The first kappa shape index (κ1) is 17.7. The fourth-order valence-corrected chi connectivity index (χ4v) is 4.84. The van der Waals surface area contributed by atoms with E-state index in [4.69, 9.17) is 4.74 Å². The average Bonchev–Trinajstić information content (AvgIpc) is 3.03. The van der Waals surface area contributed by atoms with Gasteiger partial charge in [-0.15, -0.1) is 11.3 Å². The molecule has 3 aliphatic carbocycles. The Morgan fingerprint density at radius 1 is 1.24 bits per heavy atom. The summed E-state index contributed by atoms with van der Waals surface area (Å²) < 4.78 is 4.78. The summed E-state index contributed by atoms with van der Waals surface area (Å²) >= 11 is 1.33. The van der Waals surface area contributed by atoms with Gasteiger partial charge < -0.3 is 15.2 Å². The monoisotopic (exact) mass is 363 g/mol. The van der Waals surface area contributed by atoms with Crippen molar-refractivity contribution in [3.05, 3.63) is 28.7 Å². The summed E-state index contributed by atoms with van der Waals surface area (Å²) in [5, 5.41) is 12.8. The number of ether oxygens (including phenoxy) is 1. The van der Waals surface area contributed by atoms with Gasteiger partial charge in [0.1, 0.15) is 5.00 Å². The number of allylic oxidation sites excluding steroid dienone is 2. The highest BCUT2D eigenvalue weighted by Gasteiger charge is 2.48. The predicted octanol–water partition coefficient (Wildman–Crippen LogP) is 2.95. The molecule has 1 amide bonds. The Labute approximate surface area is 149 Å². The number of thiophene rings is 1. The minimum absolute atomic E-state index is 0.0710. The Morgan fingerprint density at radius 3 is 2.40 bits per heavy atom.